The van der Waals surface area contributed by atoms with E-state index in [-0.39, 0.29) is 0 Å². The van der Waals surface area contributed by atoms with Crippen LogP contribution in [0.15, 0.2) is 40.9 Å². The normalized spacial score (nSPS) is 10.3. The average molecular weight is 222 g/mol. The van der Waals surface area contributed by atoms with Gasteiger partial charge in [-0.1, -0.05) is 0 Å². The summed E-state index contributed by atoms with van der Waals surface area (Å²) in [6.07, 6.45) is 1.91. The third-order valence-electron chi connectivity index (χ3n) is 1.74. The zero-order valence-electron chi connectivity index (χ0n) is 7.51. The van der Waals surface area contributed by atoms with Crippen LogP contribution in [0.5, 0.6) is 0 Å². The largest absolute Gasteiger partial charge is 0.399 e. The molecule has 0 fully saturated rings. The van der Waals surface area contributed by atoms with E-state index in [9.17, 15) is 0 Å². The maximum atomic E-state index is 5.60. The van der Waals surface area contributed by atoms with Gasteiger partial charge in [0.1, 0.15) is 0 Å². The fraction of sp³-hybridized carbons (Fsp3) is 0.100. The molecule has 0 spiro atoms. The van der Waals surface area contributed by atoms with Crippen LogP contribution < -0.4 is 5.73 Å². The third-order valence-corrected chi connectivity index (χ3v) is 3.77. The number of hydrogen-bond acceptors (Lipinski definition) is 4. The predicted molar refractivity (Wildman–Crippen MR) is 62.5 cm³/mol. The number of benzene rings is 1. The van der Waals surface area contributed by atoms with E-state index in [1.807, 2.05) is 36.0 Å². The van der Waals surface area contributed by atoms with Gasteiger partial charge < -0.3 is 5.73 Å². The number of hydrogen-bond donors (Lipinski definition) is 1. The fourth-order valence-electron chi connectivity index (χ4n) is 1.03. The Hall–Kier alpha value is -1.00. The number of nitrogens with two attached hydrogens (primary N) is 1. The third kappa shape index (κ3) is 2.49. The van der Waals surface area contributed by atoms with Gasteiger partial charge in [0, 0.05) is 27.4 Å². The zero-order valence-corrected chi connectivity index (χ0v) is 9.15. The smallest absolute Gasteiger partial charge is 0.0794 e. The molecule has 0 radical (unpaired) electrons. The van der Waals surface area contributed by atoms with Crippen LogP contribution in [0.25, 0.3) is 0 Å². The van der Waals surface area contributed by atoms with Crippen LogP contribution in [0.2, 0.25) is 0 Å². The van der Waals surface area contributed by atoms with Crippen LogP contribution >= 0.6 is 23.1 Å². The Labute approximate surface area is 91.2 Å². The molecule has 1 aromatic heterocycles. The van der Waals surface area contributed by atoms with Crippen LogP contribution in [0.4, 0.5) is 5.69 Å². The maximum Gasteiger partial charge on any atom is 0.0794 e. The maximum absolute atomic E-state index is 5.60. The molecule has 0 bridgehead atoms. The van der Waals surface area contributed by atoms with Gasteiger partial charge in [-0.3, -0.25) is 4.98 Å². The van der Waals surface area contributed by atoms with E-state index in [4.69, 9.17) is 5.73 Å². The van der Waals surface area contributed by atoms with Gasteiger partial charge in [0.15, 0.2) is 0 Å². The number of thiazole rings is 1. The number of thioether (sulfide) groups is 1. The van der Waals surface area contributed by atoms with E-state index in [0.717, 1.165) is 11.4 Å². The minimum absolute atomic E-state index is 0.812. The molecule has 14 heavy (non-hydrogen) atoms. The average Bonchev–Trinajstić information content (AvgIpc) is 2.70. The summed E-state index contributed by atoms with van der Waals surface area (Å²) in [6.45, 7) is 0. The second kappa shape index (κ2) is 4.48. The zero-order chi connectivity index (χ0) is 9.80. The molecule has 0 saturated carbocycles. The lowest BCUT2D eigenvalue weighted by Gasteiger charge is -1.99. The van der Waals surface area contributed by atoms with Crippen molar-refractivity contribution < 1.29 is 0 Å². The van der Waals surface area contributed by atoms with E-state index < -0.39 is 0 Å². The number of aromatic nitrogens is 1. The summed E-state index contributed by atoms with van der Waals surface area (Å²) in [4.78, 5) is 6.57. The Balaban J connectivity index is 1.95. The molecule has 2 N–H and O–H groups in total. The second-order valence-electron chi connectivity index (χ2n) is 2.83. The molecule has 2 aromatic rings. The molecule has 0 aliphatic heterocycles. The first-order valence-electron chi connectivity index (χ1n) is 4.20. The summed E-state index contributed by atoms with van der Waals surface area (Å²) >= 11 is 3.49. The Morgan fingerprint density at radius 1 is 1.29 bits per heavy atom. The van der Waals surface area contributed by atoms with Crippen molar-refractivity contribution in [2.24, 2.45) is 0 Å². The van der Waals surface area contributed by atoms with Gasteiger partial charge in [-0.2, -0.15) is 0 Å². The highest BCUT2D eigenvalue weighted by atomic mass is 32.2. The van der Waals surface area contributed by atoms with Gasteiger partial charge in [0.2, 0.25) is 0 Å². The Morgan fingerprint density at radius 2 is 2.07 bits per heavy atom. The minimum Gasteiger partial charge on any atom is -0.399 e. The SMILES string of the molecule is Nc1ccc(SCc2cncs2)cc1. The van der Waals surface area contributed by atoms with Gasteiger partial charge in [-0.05, 0) is 24.3 Å². The van der Waals surface area contributed by atoms with Crippen molar-refractivity contribution >= 4 is 28.8 Å². The molecule has 4 heteroatoms. The lowest BCUT2D eigenvalue weighted by atomic mass is 10.3. The molecule has 0 aliphatic rings. The molecular formula is C10H10N2S2. The van der Waals surface area contributed by atoms with Crippen LogP contribution in [-0.2, 0) is 5.75 Å². The van der Waals surface area contributed by atoms with Crippen LogP contribution in [0.3, 0.4) is 0 Å². The number of rotatable bonds is 3. The molecule has 0 unspecified atom stereocenters. The summed E-state index contributed by atoms with van der Waals surface area (Å²) in [5.41, 5.74) is 8.27. The molecule has 0 aliphatic carbocycles. The van der Waals surface area contributed by atoms with Crippen molar-refractivity contribution in [3.05, 3.63) is 40.8 Å². The molecule has 0 atom stereocenters. The Kier molecular flexibility index (Phi) is 3.06. The molecule has 72 valence electrons. The van der Waals surface area contributed by atoms with E-state index in [0.29, 0.717) is 0 Å². The summed E-state index contributed by atoms with van der Waals surface area (Å²) < 4.78 is 0. The van der Waals surface area contributed by atoms with E-state index in [1.165, 1.54) is 9.77 Å². The summed E-state index contributed by atoms with van der Waals surface area (Å²) in [5, 5.41) is 0. The van der Waals surface area contributed by atoms with Gasteiger partial charge >= 0.3 is 0 Å². The quantitative estimate of drug-likeness (QED) is 0.641. The van der Waals surface area contributed by atoms with Crippen molar-refractivity contribution in [2.75, 3.05) is 5.73 Å². The van der Waals surface area contributed by atoms with Crippen molar-refractivity contribution in [3.63, 3.8) is 0 Å². The Morgan fingerprint density at radius 3 is 2.71 bits per heavy atom. The number of nitrogen functional groups attached to an aromatic ring is 1. The standard InChI is InChI=1S/C10H10N2S2/c11-8-1-3-9(4-2-8)13-6-10-5-12-7-14-10/h1-5,7H,6,11H2. The molecular weight excluding hydrogens is 212 g/mol. The second-order valence-corrected chi connectivity index (χ2v) is 4.85. The molecule has 2 rings (SSSR count). The monoisotopic (exact) mass is 222 g/mol. The first-order chi connectivity index (χ1) is 6.84. The highest BCUT2D eigenvalue weighted by Crippen LogP contribution is 2.24. The predicted octanol–water partition coefficient (Wildman–Crippen LogP) is 3.02. The van der Waals surface area contributed by atoms with Crippen molar-refractivity contribution in [3.8, 4) is 0 Å². The van der Waals surface area contributed by atoms with E-state index >= 15 is 0 Å². The molecule has 1 heterocycles. The number of anilines is 1. The lowest BCUT2D eigenvalue weighted by Crippen LogP contribution is -1.82. The van der Waals surface area contributed by atoms with Crippen LogP contribution in [-0.4, -0.2) is 4.98 Å². The van der Waals surface area contributed by atoms with Gasteiger partial charge in [-0.15, -0.1) is 23.1 Å². The highest BCUT2D eigenvalue weighted by Gasteiger charge is 1.97. The molecule has 0 amide bonds. The van der Waals surface area contributed by atoms with Crippen LogP contribution in [0.1, 0.15) is 4.88 Å². The minimum atomic E-state index is 0.812. The van der Waals surface area contributed by atoms with Gasteiger partial charge in [0.25, 0.3) is 0 Å². The van der Waals surface area contributed by atoms with Crippen molar-refractivity contribution in [1.29, 1.82) is 0 Å². The fourth-order valence-corrected chi connectivity index (χ4v) is 2.57. The summed E-state index contributed by atoms with van der Waals surface area (Å²) in [7, 11) is 0. The first kappa shape index (κ1) is 9.55. The molecule has 2 nitrogen and oxygen atoms in total. The number of nitrogens with zero attached hydrogens (tertiary/aromatic N) is 1. The first-order valence-corrected chi connectivity index (χ1v) is 6.07. The summed E-state index contributed by atoms with van der Waals surface area (Å²) in [5.74, 6) is 0.981. The van der Waals surface area contributed by atoms with Gasteiger partial charge in [-0.25, -0.2) is 0 Å². The highest BCUT2D eigenvalue weighted by molar-refractivity contribution is 7.98. The van der Waals surface area contributed by atoms with Crippen molar-refractivity contribution in [2.45, 2.75) is 10.6 Å². The van der Waals surface area contributed by atoms with Gasteiger partial charge in [0.05, 0.1) is 5.51 Å². The molecule has 1 aromatic carbocycles. The van der Waals surface area contributed by atoms with E-state index in [1.54, 1.807) is 23.1 Å². The summed E-state index contributed by atoms with van der Waals surface area (Å²) in [6, 6.07) is 7.94. The Bertz CT molecular complexity index is 381. The lowest BCUT2D eigenvalue weighted by molar-refractivity contribution is 1.36. The topological polar surface area (TPSA) is 38.9 Å². The van der Waals surface area contributed by atoms with Crippen LogP contribution in [0, 0.1) is 0 Å². The van der Waals surface area contributed by atoms with E-state index in [2.05, 4.69) is 4.98 Å². The molecule has 0 saturated heterocycles. The van der Waals surface area contributed by atoms with Crippen molar-refractivity contribution in [1.82, 2.24) is 4.98 Å².